The number of nitrogens with two attached hydrogens (primary N) is 1. The van der Waals surface area contributed by atoms with Crippen LogP contribution >= 0.6 is 43.2 Å². The lowest BCUT2D eigenvalue weighted by Gasteiger charge is -2.21. The first-order chi connectivity index (χ1) is 11.0. The molecule has 3 rings (SSSR count). The van der Waals surface area contributed by atoms with Crippen LogP contribution in [-0.4, -0.2) is 7.05 Å². The lowest BCUT2D eigenvalue weighted by Crippen LogP contribution is -2.17. The van der Waals surface area contributed by atoms with Crippen LogP contribution in [0, 0.1) is 0 Å². The molecule has 1 aromatic carbocycles. The van der Waals surface area contributed by atoms with Gasteiger partial charge in [-0.1, -0.05) is 35.2 Å². The minimum atomic E-state index is 0.779. The lowest BCUT2D eigenvalue weighted by molar-refractivity contribution is 0.448. The molecule has 1 aromatic heterocycles. The van der Waals surface area contributed by atoms with Gasteiger partial charge in [0.2, 0.25) is 0 Å². The summed E-state index contributed by atoms with van der Waals surface area (Å²) >= 11 is 8.99. The summed E-state index contributed by atoms with van der Waals surface area (Å²) in [6.07, 6.45) is 6.89. The van der Waals surface area contributed by atoms with Gasteiger partial charge in [-0.05, 0) is 58.5 Å². The van der Waals surface area contributed by atoms with Crippen molar-refractivity contribution in [3.05, 3.63) is 43.0 Å². The Bertz CT molecular complexity index is 678. The van der Waals surface area contributed by atoms with Gasteiger partial charge in [0, 0.05) is 38.5 Å². The van der Waals surface area contributed by atoms with Crippen LogP contribution in [0.3, 0.4) is 0 Å². The Kier molecular flexibility index (Phi) is 5.70. The second-order valence-electron chi connectivity index (χ2n) is 6.36. The predicted octanol–water partition coefficient (Wildman–Crippen LogP) is 6.54. The van der Waals surface area contributed by atoms with Crippen LogP contribution in [-0.2, 0) is 6.54 Å². The van der Waals surface area contributed by atoms with E-state index in [9.17, 15) is 0 Å². The monoisotopic (exact) mass is 456 g/mol. The largest absolute Gasteiger partial charge is 0.398 e. The summed E-state index contributed by atoms with van der Waals surface area (Å²) in [4.78, 5) is 3.84. The van der Waals surface area contributed by atoms with Gasteiger partial charge in [0.1, 0.15) is 0 Å². The maximum Gasteiger partial charge on any atom is 0.0509 e. The summed E-state index contributed by atoms with van der Waals surface area (Å²) in [6, 6.07) is 6.47. The number of halogens is 2. The fraction of sp³-hybridized carbons (Fsp3) is 0.444. The zero-order valence-electron chi connectivity index (χ0n) is 13.3. The van der Waals surface area contributed by atoms with E-state index in [0.29, 0.717) is 0 Å². The van der Waals surface area contributed by atoms with E-state index in [1.807, 2.05) is 17.4 Å². The lowest BCUT2D eigenvalue weighted by atomic mass is 9.88. The molecule has 0 bridgehead atoms. The SMILES string of the molecule is CN(Cc1cc(Br)cc(Br)c1N)c1csc(C2CCCCC2)c1. The molecule has 2 aromatic rings. The van der Waals surface area contributed by atoms with Gasteiger partial charge in [0.15, 0.2) is 0 Å². The molecule has 124 valence electrons. The third kappa shape index (κ3) is 4.12. The highest BCUT2D eigenvalue weighted by Gasteiger charge is 2.18. The van der Waals surface area contributed by atoms with E-state index in [1.54, 1.807) is 4.88 Å². The normalized spacial score (nSPS) is 15.8. The summed E-state index contributed by atoms with van der Waals surface area (Å²) < 4.78 is 2.00. The zero-order valence-corrected chi connectivity index (χ0v) is 17.3. The van der Waals surface area contributed by atoms with Crippen molar-refractivity contribution in [1.82, 2.24) is 0 Å². The van der Waals surface area contributed by atoms with Gasteiger partial charge in [0.25, 0.3) is 0 Å². The van der Waals surface area contributed by atoms with E-state index >= 15 is 0 Å². The van der Waals surface area contributed by atoms with Crippen molar-refractivity contribution in [1.29, 1.82) is 0 Å². The average Bonchev–Trinajstić information content (AvgIpc) is 3.03. The maximum absolute atomic E-state index is 6.21. The van der Waals surface area contributed by atoms with Gasteiger partial charge in [-0.25, -0.2) is 0 Å². The van der Waals surface area contributed by atoms with E-state index in [-0.39, 0.29) is 0 Å². The Morgan fingerprint density at radius 1 is 1.17 bits per heavy atom. The van der Waals surface area contributed by atoms with Crippen LogP contribution in [0.25, 0.3) is 0 Å². The van der Waals surface area contributed by atoms with Gasteiger partial charge in [0.05, 0.1) is 5.69 Å². The summed E-state index contributed by atoms with van der Waals surface area (Å²) in [5, 5.41) is 2.28. The van der Waals surface area contributed by atoms with Crippen molar-refractivity contribution < 1.29 is 0 Å². The minimum Gasteiger partial charge on any atom is -0.398 e. The van der Waals surface area contributed by atoms with Crippen molar-refractivity contribution in [2.45, 2.75) is 44.6 Å². The van der Waals surface area contributed by atoms with Crippen LogP contribution in [0.1, 0.15) is 48.5 Å². The van der Waals surface area contributed by atoms with Crippen LogP contribution in [0.15, 0.2) is 32.5 Å². The third-order valence-electron chi connectivity index (χ3n) is 4.64. The number of anilines is 2. The summed E-state index contributed by atoms with van der Waals surface area (Å²) in [6.45, 7) is 0.810. The molecule has 2 N–H and O–H groups in total. The summed E-state index contributed by atoms with van der Waals surface area (Å²) in [7, 11) is 2.14. The predicted molar refractivity (Wildman–Crippen MR) is 109 cm³/mol. The highest BCUT2D eigenvalue weighted by molar-refractivity contribution is 9.11. The van der Waals surface area contributed by atoms with E-state index in [0.717, 1.165) is 32.7 Å². The number of nitrogen functional groups attached to an aromatic ring is 1. The van der Waals surface area contributed by atoms with Crippen LogP contribution in [0.4, 0.5) is 11.4 Å². The molecule has 0 aliphatic heterocycles. The van der Waals surface area contributed by atoms with Crippen molar-refractivity contribution in [3.8, 4) is 0 Å². The van der Waals surface area contributed by atoms with Gasteiger partial charge < -0.3 is 10.6 Å². The fourth-order valence-corrected chi connectivity index (χ4v) is 5.69. The number of rotatable bonds is 4. The fourth-order valence-electron chi connectivity index (χ4n) is 3.26. The van der Waals surface area contributed by atoms with E-state index < -0.39 is 0 Å². The molecule has 0 saturated heterocycles. The number of hydrogen-bond donors (Lipinski definition) is 1. The molecule has 2 nitrogen and oxygen atoms in total. The second-order valence-corrected chi connectivity index (χ2v) is 9.07. The summed E-state index contributed by atoms with van der Waals surface area (Å²) in [5.74, 6) is 0.779. The minimum absolute atomic E-state index is 0.779. The van der Waals surface area contributed by atoms with E-state index in [1.165, 1.54) is 37.8 Å². The van der Waals surface area contributed by atoms with Crippen molar-refractivity contribution in [3.63, 3.8) is 0 Å². The Morgan fingerprint density at radius 3 is 2.65 bits per heavy atom. The molecule has 0 radical (unpaired) electrons. The molecule has 23 heavy (non-hydrogen) atoms. The van der Waals surface area contributed by atoms with Crippen LogP contribution in [0.5, 0.6) is 0 Å². The molecule has 5 heteroatoms. The molecule has 1 fully saturated rings. The molecule has 1 aliphatic carbocycles. The Balaban J connectivity index is 1.73. The van der Waals surface area contributed by atoms with Crippen molar-refractivity contribution in [2.24, 2.45) is 0 Å². The number of benzene rings is 1. The first-order valence-corrected chi connectivity index (χ1v) is 10.5. The molecule has 0 amide bonds. The van der Waals surface area contributed by atoms with Crippen molar-refractivity contribution >= 4 is 54.6 Å². The quantitative estimate of drug-likeness (QED) is 0.528. The van der Waals surface area contributed by atoms with Gasteiger partial charge >= 0.3 is 0 Å². The summed E-state index contributed by atoms with van der Waals surface area (Å²) in [5.41, 5.74) is 9.47. The van der Waals surface area contributed by atoms with Crippen LogP contribution < -0.4 is 10.6 Å². The molecular formula is C18H22Br2N2S. The average molecular weight is 458 g/mol. The molecule has 1 saturated carbocycles. The Labute approximate surface area is 159 Å². The van der Waals surface area contributed by atoms with Gasteiger partial charge in [-0.15, -0.1) is 11.3 Å². The molecular weight excluding hydrogens is 436 g/mol. The number of hydrogen-bond acceptors (Lipinski definition) is 3. The second kappa shape index (κ2) is 7.58. The maximum atomic E-state index is 6.21. The van der Waals surface area contributed by atoms with Gasteiger partial charge in [-0.2, -0.15) is 0 Å². The molecule has 0 spiro atoms. The highest BCUT2D eigenvalue weighted by Crippen LogP contribution is 2.38. The van der Waals surface area contributed by atoms with E-state index in [2.05, 4.69) is 61.3 Å². The van der Waals surface area contributed by atoms with Gasteiger partial charge in [-0.3, -0.25) is 0 Å². The smallest absolute Gasteiger partial charge is 0.0509 e. The first kappa shape index (κ1) is 17.3. The molecule has 0 unspecified atom stereocenters. The zero-order chi connectivity index (χ0) is 16.4. The van der Waals surface area contributed by atoms with E-state index in [4.69, 9.17) is 5.73 Å². The molecule has 1 aliphatic rings. The topological polar surface area (TPSA) is 29.3 Å². The highest BCUT2D eigenvalue weighted by atomic mass is 79.9. The Hall–Kier alpha value is -0.520. The standard InChI is InChI=1S/C18H22Br2N2S/c1-22(10-13-7-14(19)8-16(20)18(13)21)15-9-17(23-11-15)12-5-3-2-4-6-12/h7-9,11-12H,2-6,10,21H2,1H3. The molecule has 0 atom stereocenters. The van der Waals surface area contributed by atoms with Crippen LogP contribution in [0.2, 0.25) is 0 Å². The molecule has 1 heterocycles. The third-order valence-corrected chi connectivity index (χ3v) is 6.84. The van der Waals surface area contributed by atoms with Crippen molar-refractivity contribution in [2.75, 3.05) is 17.7 Å². The number of nitrogens with zero attached hydrogens (tertiary/aromatic N) is 1. The Morgan fingerprint density at radius 2 is 1.91 bits per heavy atom. The first-order valence-electron chi connectivity index (χ1n) is 8.07. The number of thiophene rings is 1.